The maximum Gasteiger partial charge on any atom is 0.263 e. The van der Waals surface area contributed by atoms with Crippen molar-refractivity contribution in [2.75, 3.05) is 0 Å². The quantitative estimate of drug-likeness (QED) is 0.536. The topological polar surface area (TPSA) is 85.2 Å². The Morgan fingerprint density at radius 1 is 1.16 bits per heavy atom. The first kappa shape index (κ1) is 18.2. The van der Waals surface area contributed by atoms with Gasteiger partial charge < -0.3 is 15.7 Å². The molecule has 0 fully saturated rings. The van der Waals surface area contributed by atoms with Crippen LogP contribution in [0.15, 0.2) is 66.4 Å². The predicted octanol–water partition coefficient (Wildman–Crippen LogP) is 2.55. The lowest BCUT2D eigenvalue weighted by molar-refractivity contribution is -0.117. The van der Waals surface area contributed by atoms with E-state index in [-0.39, 0.29) is 18.2 Å². The zero-order valence-electron chi connectivity index (χ0n) is 14.1. The van der Waals surface area contributed by atoms with Gasteiger partial charge in [0.05, 0.1) is 12.6 Å². The van der Waals surface area contributed by atoms with Crippen LogP contribution in [0.2, 0.25) is 0 Å². The summed E-state index contributed by atoms with van der Waals surface area (Å²) in [5, 5.41) is 24.0. The van der Waals surface area contributed by atoms with Gasteiger partial charge in [0.1, 0.15) is 11.6 Å². The molecule has 2 rings (SSSR count). The first-order valence-electron chi connectivity index (χ1n) is 8.02. The van der Waals surface area contributed by atoms with Crippen molar-refractivity contribution in [1.29, 1.82) is 5.26 Å². The molecule has 2 aromatic carbocycles. The van der Waals surface area contributed by atoms with Crippen LogP contribution in [0.3, 0.4) is 0 Å². The molecule has 5 heteroatoms. The molecule has 0 radical (unpaired) electrons. The van der Waals surface area contributed by atoms with Gasteiger partial charge in [-0.2, -0.15) is 5.26 Å². The lowest BCUT2D eigenvalue weighted by Crippen LogP contribution is -2.28. The molecule has 128 valence electrons. The zero-order valence-corrected chi connectivity index (χ0v) is 14.1. The summed E-state index contributed by atoms with van der Waals surface area (Å²) in [5.74, 6) is -0.415. The summed E-state index contributed by atoms with van der Waals surface area (Å²) >= 11 is 0. The first-order chi connectivity index (χ1) is 12.1. The van der Waals surface area contributed by atoms with Gasteiger partial charge in [0, 0.05) is 12.7 Å². The average Bonchev–Trinajstić information content (AvgIpc) is 2.66. The van der Waals surface area contributed by atoms with Gasteiger partial charge >= 0.3 is 0 Å². The highest BCUT2D eigenvalue weighted by atomic mass is 16.3. The largest absolute Gasteiger partial charge is 0.392 e. The van der Waals surface area contributed by atoms with Gasteiger partial charge in [-0.3, -0.25) is 4.79 Å². The maximum absolute atomic E-state index is 12.2. The molecule has 3 N–H and O–H groups in total. The van der Waals surface area contributed by atoms with Crippen molar-refractivity contribution in [3.05, 3.63) is 83.1 Å². The van der Waals surface area contributed by atoms with Crippen molar-refractivity contribution in [3.8, 4) is 6.07 Å². The summed E-state index contributed by atoms with van der Waals surface area (Å²) in [4.78, 5) is 12.2. The van der Waals surface area contributed by atoms with Crippen LogP contribution < -0.4 is 10.6 Å². The van der Waals surface area contributed by atoms with E-state index in [1.165, 1.54) is 6.20 Å². The van der Waals surface area contributed by atoms with Crippen LogP contribution >= 0.6 is 0 Å². The number of hydrogen-bond acceptors (Lipinski definition) is 4. The highest BCUT2D eigenvalue weighted by molar-refractivity contribution is 5.97. The molecule has 1 unspecified atom stereocenters. The second-order valence-electron chi connectivity index (χ2n) is 5.63. The summed E-state index contributed by atoms with van der Waals surface area (Å²) in [7, 11) is 0. The molecule has 0 saturated heterocycles. The van der Waals surface area contributed by atoms with Crippen molar-refractivity contribution in [3.63, 3.8) is 0 Å². The van der Waals surface area contributed by atoms with Crippen LogP contribution in [-0.4, -0.2) is 11.0 Å². The van der Waals surface area contributed by atoms with Gasteiger partial charge in [-0.15, -0.1) is 0 Å². The Hall–Kier alpha value is -3.10. The number of aliphatic hydroxyl groups excluding tert-OH is 1. The SMILES string of the molecule is CC(NC(=O)/C(C#N)=C\NCc1ccc(CO)cc1)c1ccccc1. The molecule has 0 heterocycles. The maximum atomic E-state index is 12.2. The zero-order chi connectivity index (χ0) is 18.1. The number of rotatable bonds is 7. The van der Waals surface area contributed by atoms with Gasteiger partial charge in [-0.25, -0.2) is 0 Å². The number of aliphatic hydroxyl groups is 1. The number of benzene rings is 2. The van der Waals surface area contributed by atoms with Crippen molar-refractivity contribution >= 4 is 5.91 Å². The Bertz CT molecular complexity index is 762. The van der Waals surface area contributed by atoms with Crippen LogP contribution in [0.4, 0.5) is 0 Å². The fourth-order valence-electron chi connectivity index (χ4n) is 2.28. The number of carbonyl (C=O) groups is 1. The molecule has 1 amide bonds. The fraction of sp³-hybridized carbons (Fsp3) is 0.200. The molecule has 2 aromatic rings. The highest BCUT2D eigenvalue weighted by Gasteiger charge is 2.13. The Balaban J connectivity index is 1.92. The molecule has 0 bridgehead atoms. The Morgan fingerprint density at radius 3 is 2.40 bits per heavy atom. The van der Waals surface area contributed by atoms with E-state index in [1.807, 2.05) is 67.6 Å². The lowest BCUT2D eigenvalue weighted by Gasteiger charge is -2.13. The van der Waals surface area contributed by atoms with Gasteiger partial charge in [-0.1, -0.05) is 54.6 Å². The van der Waals surface area contributed by atoms with E-state index in [4.69, 9.17) is 5.11 Å². The molecule has 0 aliphatic carbocycles. The number of nitriles is 1. The van der Waals surface area contributed by atoms with Crippen LogP contribution in [0.1, 0.15) is 29.7 Å². The van der Waals surface area contributed by atoms with E-state index in [9.17, 15) is 10.1 Å². The highest BCUT2D eigenvalue weighted by Crippen LogP contribution is 2.11. The van der Waals surface area contributed by atoms with Crippen molar-refractivity contribution in [2.45, 2.75) is 26.1 Å². The Kier molecular flexibility index (Phi) is 6.76. The van der Waals surface area contributed by atoms with Gasteiger partial charge in [0.15, 0.2) is 0 Å². The summed E-state index contributed by atoms with van der Waals surface area (Å²) in [6.45, 7) is 2.36. The van der Waals surface area contributed by atoms with Gasteiger partial charge in [-0.05, 0) is 23.6 Å². The number of nitrogens with zero attached hydrogens (tertiary/aromatic N) is 1. The van der Waals surface area contributed by atoms with Gasteiger partial charge in [0.2, 0.25) is 0 Å². The molecule has 0 saturated carbocycles. The van der Waals surface area contributed by atoms with Crippen LogP contribution in [-0.2, 0) is 17.9 Å². The second kappa shape index (κ2) is 9.26. The molecule has 0 aromatic heterocycles. The molecular weight excluding hydrogens is 314 g/mol. The average molecular weight is 335 g/mol. The van der Waals surface area contributed by atoms with E-state index in [2.05, 4.69) is 10.6 Å². The third kappa shape index (κ3) is 5.48. The second-order valence-corrected chi connectivity index (χ2v) is 5.63. The molecule has 5 nitrogen and oxygen atoms in total. The van der Waals surface area contributed by atoms with E-state index in [0.29, 0.717) is 6.54 Å². The third-order valence-electron chi connectivity index (χ3n) is 3.77. The summed E-state index contributed by atoms with van der Waals surface area (Å²) < 4.78 is 0. The summed E-state index contributed by atoms with van der Waals surface area (Å²) in [6.07, 6.45) is 1.42. The Morgan fingerprint density at radius 2 is 1.80 bits per heavy atom. The van der Waals surface area contributed by atoms with Gasteiger partial charge in [0.25, 0.3) is 5.91 Å². The molecular formula is C20H21N3O2. The number of hydrogen-bond donors (Lipinski definition) is 3. The summed E-state index contributed by atoms with van der Waals surface area (Å²) in [5.41, 5.74) is 2.83. The normalized spacial score (nSPS) is 12.1. The van der Waals surface area contributed by atoms with Crippen molar-refractivity contribution < 1.29 is 9.90 Å². The van der Waals surface area contributed by atoms with E-state index in [0.717, 1.165) is 16.7 Å². The molecule has 25 heavy (non-hydrogen) atoms. The minimum Gasteiger partial charge on any atom is -0.392 e. The standard InChI is InChI=1S/C20H21N3O2/c1-15(18-5-3-2-4-6-18)23-20(25)19(11-21)13-22-12-16-7-9-17(14-24)10-8-16/h2-10,13,15,22,24H,12,14H2,1H3,(H,23,25)/b19-13-. The monoisotopic (exact) mass is 335 g/mol. The van der Waals surface area contributed by atoms with E-state index in [1.54, 1.807) is 0 Å². The molecule has 0 aliphatic heterocycles. The third-order valence-corrected chi connectivity index (χ3v) is 3.77. The molecule has 0 aliphatic rings. The summed E-state index contributed by atoms with van der Waals surface area (Å²) in [6, 6.07) is 18.7. The molecule has 0 spiro atoms. The van der Waals surface area contributed by atoms with E-state index < -0.39 is 5.91 Å². The number of nitrogens with one attached hydrogen (secondary N) is 2. The minimum atomic E-state index is -0.415. The predicted molar refractivity (Wildman–Crippen MR) is 95.9 cm³/mol. The number of carbonyl (C=O) groups excluding carboxylic acids is 1. The van der Waals surface area contributed by atoms with Crippen LogP contribution in [0, 0.1) is 11.3 Å². The van der Waals surface area contributed by atoms with Crippen molar-refractivity contribution in [1.82, 2.24) is 10.6 Å². The van der Waals surface area contributed by atoms with E-state index >= 15 is 0 Å². The molecule has 1 atom stereocenters. The minimum absolute atomic E-state index is 0.00591. The number of amides is 1. The van der Waals surface area contributed by atoms with Crippen LogP contribution in [0.5, 0.6) is 0 Å². The fourth-order valence-corrected chi connectivity index (χ4v) is 2.28. The first-order valence-corrected chi connectivity index (χ1v) is 8.02. The van der Waals surface area contributed by atoms with Crippen molar-refractivity contribution in [2.24, 2.45) is 0 Å². The van der Waals surface area contributed by atoms with Crippen LogP contribution in [0.25, 0.3) is 0 Å². The lowest BCUT2D eigenvalue weighted by atomic mass is 10.1. The Labute approximate surface area is 147 Å². The smallest absolute Gasteiger partial charge is 0.263 e.